The number of hydrogen-bond acceptors (Lipinski definition) is 8. The molecule has 0 amide bonds. The number of thiazole rings is 1. The smallest absolute Gasteiger partial charge is 0.206 e. The fourth-order valence-corrected chi connectivity index (χ4v) is 5.89. The summed E-state index contributed by atoms with van der Waals surface area (Å²) in [6.07, 6.45) is 6.55. The molecule has 35 heavy (non-hydrogen) atoms. The lowest BCUT2D eigenvalue weighted by atomic mass is 9.99. The number of ketones is 1. The normalized spacial score (nSPS) is 17.2. The molecule has 3 aromatic rings. The van der Waals surface area contributed by atoms with Gasteiger partial charge in [0.25, 0.3) is 0 Å². The van der Waals surface area contributed by atoms with Crippen molar-refractivity contribution < 1.29 is 4.79 Å². The Bertz CT molecular complexity index is 1200. The highest BCUT2D eigenvalue weighted by Gasteiger charge is 2.25. The molecule has 0 aliphatic carbocycles. The molecule has 3 heterocycles. The van der Waals surface area contributed by atoms with Gasteiger partial charge in [-0.3, -0.25) is 4.79 Å². The number of aromatic nitrogens is 1. The Morgan fingerprint density at radius 3 is 2.34 bits per heavy atom. The number of likely N-dealkylation sites (tertiary alicyclic amines) is 1. The van der Waals surface area contributed by atoms with Crippen LogP contribution >= 0.6 is 11.3 Å². The standard InChI is InChI=1S/C27H30N6OS/c28-18-19-4-6-20(7-5-19)24(34)25-26(29)31-27(35-25)30-21-8-10-22(11-9-21)33-16-12-23(13-17-33)32-14-2-1-3-15-32/h4-11,23H,1-3,12-17,29H2,(H,30,31). The third-order valence-corrected chi connectivity index (χ3v) is 7.98. The number of nitrogens with two attached hydrogens (primary N) is 1. The second kappa shape index (κ2) is 10.5. The predicted octanol–water partition coefficient (Wildman–Crippen LogP) is 5.03. The van der Waals surface area contributed by atoms with Crippen LogP contribution in [0.1, 0.15) is 52.9 Å². The van der Waals surface area contributed by atoms with Crippen LogP contribution in [0.4, 0.5) is 22.3 Å². The van der Waals surface area contributed by atoms with Crippen molar-refractivity contribution in [3.63, 3.8) is 0 Å². The van der Waals surface area contributed by atoms with Crippen LogP contribution in [0, 0.1) is 11.3 Å². The van der Waals surface area contributed by atoms with E-state index in [9.17, 15) is 4.79 Å². The summed E-state index contributed by atoms with van der Waals surface area (Å²) in [7, 11) is 0. The van der Waals surface area contributed by atoms with E-state index < -0.39 is 0 Å². The molecule has 3 N–H and O–H groups in total. The van der Waals surface area contributed by atoms with Gasteiger partial charge in [0, 0.05) is 36.1 Å². The van der Waals surface area contributed by atoms with Crippen molar-refractivity contribution >= 4 is 39.4 Å². The molecular formula is C27H30N6OS. The van der Waals surface area contributed by atoms with Gasteiger partial charge in [-0.05, 0) is 87.3 Å². The highest BCUT2D eigenvalue weighted by molar-refractivity contribution is 7.18. The number of nitrogens with zero attached hydrogens (tertiary/aromatic N) is 4. The largest absolute Gasteiger partial charge is 0.382 e. The molecule has 1 aromatic heterocycles. The molecule has 0 bridgehead atoms. The monoisotopic (exact) mass is 486 g/mol. The van der Waals surface area contributed by atoms with Crippen molar-refractivity contribution in [2.45, 2.75) is 38.1 Å². The van der Waals surface area contributed by atoms with Crippen LogP contribution in [0.2, 0.25) is 0 Å². The molecule has 0 atom stereocenters. The maximum atomic E-state index is 12.8. The Balaban J connectivity index is 1.19. The lowest BCUT2D eigenvalue weighted by molar-refractivity contribution is 0.104. The molecule has 180 valence electrons. The number of anilines is 4. The van der Waals surface area contributed by atoms with Crippen LogP contribution < -0.4 is 16.0 Å². The van der Waals surface area contributed by atoms with Gasteiger partial charge in [0.05, 0.1) is 11.6 Å². The van der Waals surface area contributed by atoms with Crippen molar-refractivity contribution in [3.05, 3.63) is 64.5 Å². The molecule has 0 spiro atoms. The van der Waals surface area contributed by atoms with Crippen LogP contribution in [0.15, 0.2) is 48.5 Å². The first kappa shape index (κ1) is 23.3. The summed E-state index contributed by atoms with van der Waals surface area (Å²) in [4.78, 5) is 22.8. The summed E-state index contributed by atoms with van der Waals surface area (Å²) >= 11 is 1.24. The van der Waals surface area contributed by atoms with Gasteiger partial charge in [-0.15, -0.1) is 0 Å². The zero-order valence-corrected chi connectivity index (χ0v) is 20.6. The van der Waals surface area contributed by atoms with Gasteiger partial charge in [0.15, 0.2) is 5.13 Å². The first-order valence-corrected chi connectivity index (χ1v) is 13.1. The summed E-state index contributed by atoms with van der Waals surface area (Å²) in [6.45, 7) is 4.73. The fraction of sp³-hybridized carbons (Fsp3) is 0.370. The van der Waals surface area contributed by atoms with E-state index in [1.54, 1.807) is 24.3 Å². The molecule has 5 rings (SSSR count). The Morgan fingerprint density at radius 2 is 1.69 bits per heavy atom. The molecule has 0 saturated carbocycles. The Morgan fingerprint density at radius 1 is 1.00 bits per heavy atom. The van der Waals surface area contributed by atoms with Gasteiger partial charge >= 0.3 is 0 Å². The maximum absolute atomic E-state index is 12.8. The third-order valence-electron chi connectivity index (χ3n) is 6.99. The SMILES string of the molecule is N#Cc1ccc(C(=O)c2sc(Nc3ccc(N4CCC(N5CCCCC5)CC4)cc3)nc2N)cc1. The Kier molecular flexibility index (Phi) is 6.98. The second-order valence-electron chi connectivity index (χ2n) is 9.24. The third kappa shape index (κ3) is 5.31. The number of rotatable bonds is 6. The number of hydrogen-bond donors (Lipinski definition) is 2. The van der Waals surface area contributed by atoms with Crippen LogP contribution in [0.3, 0.4) is 0 Å². The van der Waals surface area contributed by atoms with E-state index >= 15 is 0 Å². The van der Waals surface area contributed by atoms with Gasteiger partial charge < -0.3 is 20.9 Å². The van der Waals surface area contributed by atoms with Crippen molar-refractivity contribution in [1.82, 2.24) is 9.88 Å². The number of carbonyl (C=O) groups excluding carboxylic acids is 1. The fourth-order valence-electron chi connectivity index (χ4n) is 5.03. The van der Waals surface area contributed by atoms with Gasteiger partial charge in [0.1, 0.15) is 10.7 Å². The summed E-state index contributed by atoms with van der Waals surface area (Å²) in [6, 6.07) is 17.7. The molecule has 7 nitrogen and oxygen atoms in total. The van der Waals surface area contributed by atoms with E-state index in [1.165, 1.54) is 62.2 Å². The van der Waals surface area contributed by atoms with E-state index in [4.69, 9.17) is 11.0 Å². The number of carbonyl (C=O) groups is 1. The lowest BCUT2D eigenvalue weighted by Crippen LogP contribution is -2.46. The minimum absolute atomic E-state index is 0.194. The minimum Gasteiger partial charge on any atom is -0.382 e. The number of nitriles is 1. The highest BCUT2D eigenvalue weighted by Crippen LogP contribution is 2.31. The van der Waals surface area contributed by atoms with E-state index in [2.05, 4.69) is 38.3 Å². The van der Waals surface area contributed by atoms with Crippen molar-refractivity contribution in [1.29, 1.82) is 5.26 Å². The van der Waals surface area contributed by atoms with E-state index in [0.717, 1.165) is 24.8 Å². The minimum atomic E-state index is -0.194. The zero-order valence-electron chi connectivity index (χ0n) is 19.7. The molecule has 2 aliphatic heterocycles. The van der Waals surface area contributed by atoms with Crippen molar-refractivity contribution in [2.24, 2.45) is 0 Å². The molecule has 2 aromatic carbocycles. The van der Waals surface area contributed by atoms with E-state index in [-0.39, 0.29) is 11.6 Å². The van der Waals surface area contributed by atoms with Crippen LogP contribution in [-0.2, 0) is 0 Å². The number of nitrogens with one attached hydrogen (secondary N) is 1. The quantitative estimate of drug-likeness (QED) is 0.472. The summed E-state index contributed by atoms with van der Waals surface area (Å²) in [5, 5.41) is 12.8. The summed E-state index contributed by atoms with van der Waals surface area (Å²) in [5.74, 6) is 0.0147. The van der Waals surface area contributed by atoms with Crippen LogP contribution in [-0.4, -0.2) is 47.9 Å². The van der Waals surface area contributed by atoms with Crippen LogP contribution in [0.5, 0.6) is 0 Å². The molecule has 0 radical (unpaired) electrons. The van der Waals surface area contributed by atoms with Gasteiger partial charge in [0.2, 0.25) is 5.78 Å². The zero-order chi connectivity index (χ0) is 24.2. The predicted molar refractivity (Wildman–Crippen MR) is 141 cm³/mol. The first-order valence-electron chi connectivity index (χ1n) is 12.3. The van der Waals surface area contributed by atoms with Crippen LogP contribution in [0.25, 0.3) is 0 Å². The first-order chi connectivity index (χ1) is 17.1. The molecule has 2 aliphatic rings. The summed E-state index contributed by atoms with van der Waals surface area (Å²) in [5.41, 5.74) is 9.19. The second-order valence-corrected chi connectivity index (χ2v) is 10.2. The molecule has 2 saturated heterocycles. The molecule has 2 fully saturated rings. The topological polar surface area (TPSA) is 98.3 Å². The maximum Gasteiger partial charge on any atom is 0.206 e. The van der Waals surface area contributed by atoms with Gasteiger partial charge in [-0.1, -0.05) is 17.8 Å². The average Bonchev–Trinajstić information content (AvgIpc) is 3.29. The lowest BCUT2D eigenvalue weighted by Gasteiger charge is -2.41. The number of benzene rings is 2. The Labute approximate surface area is 210 Å². The van der Waals surface area contributed by atoms with Gasteiger partial charge in [-0.2, -0.15) is 5.26 Å². The molecule has 0 unspecified atom stereocenters. The highest BCUT2D eigenvalue weighted by atomic mass is 32.1. The average molecular weight is 487 g/mol. The van der Waals surface area contributed by atoms with Gasteiger partial charge in [-0.25, -0.2) is 4.98 Å². The van der Waals surface area contributed by atoms with Crippen molar-refractivity contribution in [2.75, 3.05) is 42.1 Å². The molecule has 8 heteroatoms. The number of piperidine rings is 2. The van der Waals surface area contributed by atoms with Crippen molar-refractivity contribution in [3.8, 4) is 6.07 Å². The van der Waals surface area contributed by atoms with E-state index in [0.29, 0.717) is 21.1 Å². The summed E-state index contributed by atoms with van der Waals surface area (Å²) < 4.78 is 0. The Hall–Kier alpha value is -3.41. The molecular weight excluding hydrogens is 456 g/mol. The van der Waals surface area contributed by atoms with E-state index in [1.807, 2.05) is 12.1 Å². The number of nitrogen functional groups attached to an aromatic ring is 1.